The average Bonchev–Trinajstić information content (AvgIpc) is 2.05. The van der Waals surface area contributed by atoms with E-state index < -0.39 is 0 Å². The summed E-state index contributed by atoms with van der Waals surface area (Å²) in [6, 6.07) is 5.60. The fourth-order valence-corrected chi connectivity index (χ4v) is 1.31. The Hall–Kier alpha value is -1.14. The van der Waals surface area contributed by atoms with Crippen molar-refractivity contribution in [1.82, 2.24) is 0 Å². The molecule has 1 aromatic rings. The molecule has 0 saturated heterocycles. The second-order valence-electron chi connectivity index (χ2n) is 2.45. The van der Waals surface area contributed by atoms with Gasteiger partial charge in [-0.2, -0.15) is 5.26 Å². The lowest BCUT2D eigenvalue weighted by Crippen LogP contribution is -1.89. The summed E-state index contributed by atoms with van der Waals surface area (Å²) in [7, 11) is 1.56. The molecule has 62 valence electrons. The average molecular weight is 179 g/mol. The van der Waals surface area contributed by atoms with Gasteiger partial charge in [0, 0.05) is 4.90 Å². The maximum atomic E-state index is 8.70. The molecule has 0 heterocycles. The van der Waals surface area contributed by atoms with E-state index in [9.17, 15) is 0 Å². The molecule has 0 aliphatic rings. The Morgan fingerprint density at radius 3 is 2.67 bits per heavy atom. The molecule has 0 amide bonds. The number of ether oxygens (including phenoxy) is 1. The fourth-order valence-electron chi connectivity index (χ4n) is 0.957. The highest BCUT2D eigenvalue weighted by Gasteiger charge is 2.03. The van der Waals surface area contributed by atoms with Crippen molar-refractivity contribution in [2.45, 2.75) is 11.8 Å². The van der Waals surface area contributed by atoms with Crippen LogP contribution in [-0.2, 0) is 0 Å². The molecule has 3 heteroatoms. The summed E-state index contributed by atoms with van der Waals surface area (Å²) in [5, 5.41) is 8.70. The van der Waals surface area contributed by atoms with E-state index in [0.29, 0.717) is 11.3 Å². The smallest absolute Gasteiger partial charge is 0.133 e. The molecule has 0 aliphatic heterocycles. The third kappa shape index (κ3) is 1.54. The predicted molar refractivity (Wildman–Crippen MR) is 49.7 cm³/mol. The van der Waals surface area contributed by atoms with Crippen molar-refractivity contribution in [2.75, 3.05) is 7.11 Å². The van der Waals surface area contributed by atoms with Crippen LogP contribution in [0.15, 0.2) is 17.0 Å². The van der Waals surface area contributed by atoms with Gasteiger partial charge >= 0.3 is 0 Å². The molecule has 1 aromatic carbocycles. The van der Waals surface area contributed by atoms with Crippen LogP contribution in [0, 0.1) is 18.3 Å². The maximum Gasteiger partial charge on any atom is 0.133 e. The van der Waals surface area contributed by atoms with Gasteiger partial charge in [-0.15, -0.1) is 12.6 Å². The molecule has 0 saturated carbocycles. The quantitative estimate of drug-likeness (QED) is 0.670. The fraction of sp³-hybridized carbons (Fsp3) is 0.222. The predicted octanol–water partition coefficient (Wildman–Crippen LogP) is 2.16. The molecule has 0 bridgehead atoms. The van der Waals surface area contributed by atoms with Gasteiger partial charge in [-0.05, 0) is 24.6 Å². The maximum absolute atomic E-state index is 8.70. The topological polar surface area (TPSA) is 33.0 Å². The number of nitrogens with zero attached hydrogens (tertiary/aromatic N) is 1. The number of nitriles is 1. The van der Waals surface area contributed by atoms with Gasteiger partial charge in [0.05, 0.1) is 18.7 Å². The molecule has 0 spiro atoms. The van der Waals surface area contributed by atoms with Crippen LogP contribution >= 0.6 is 12.6 Å². The lowest BCUT2D eigenvalue weighted by molar-refractivity contribution is 0.404. The van der Waals surface area contributed by atoms with E-state index in [1.807, 2.05) is 13.0 Å². The van der Waals surface area contributed by atoms with Crippen LogP contribution in [0.4, 0.5) is 0 Å². The van der Waals surface area contributed by atoms with Crippen molar-refractivity contribution >= 4 is 12.6 Å². The van der Waals surface area contributed by atoms with E-state index in [0.717, 1.165) is 10.5 Å². The number of rotatable bonds is 1. The molecule has 2 nitrogen and oxygen atoms in total. The lowest BCUT2D eigenvalue weighted by atomic mass is 10.1. The van der Waals surface area contributed by atoms with Crippen molar-refractivity contribution in [1.29, 1.82) is 5.26 Å². The van der Waals surface area contributed by atoms with Gasteiger partial charge in [0.1, 0.15) is 5.75 Å². The second-order valence-corrected chi connectivity index (χ2v) is 2.93. The van der Waals surface area contributed by atoms with Crippen LogP contribution in [-0.4, -0.2) is 7.11 Å². The monoisotopic (exact) mass is 179 g/mol. The Bertz CT molecular complexity index is 341. The molecule has 0 atom stereocenters. The first-order valence-electron chi connectivity index (χ1n) is 3.46. The highest BCUT2D eigenvalue weighted by molar-refractivity contribution is 7.80. The van der Waals surface area contributed by atoms with Gasteiger partial charge in [0.25, 0.3) is 0 Å². The highest BCUT2D eigenvalue weighted by atomic mass is 32.1. The molecule has 1 rings (SSSR count). The van der Waals surface area contributed by atoms with Crippen LogP contribution < -0.4 is 4.74 Å². The Kier molecular flexibility index (Phi) is 2.61. The van der Waals surface area contributed by atoms with Crippen LogP contribution in [0.2, 0.25) is 0 Å². The van der Waals surface area contributed by atoms with Crippen molar-refractivity contribution in [3.8, 4) is 11.8 Å². The minimum atomic E-state index is 0.629. The molecule has 12 heavy (non-hydrogen) atoms. The summed E-state index contributed by atoms with van der Waals surface area (Å²) in [6.07, 6.45) is 0. The summed E-state index contributed by atoms with van der Waals surface area (Å²) in [5.41, 5.74) is 1.55. The van der Waals surface area contributed by atoms with E-state index in [4.69, 9.17) is 10.00 Å². The third-order valence-electron chi connectivity index (χ3n) is 1.65. The molecule has 0 unspecified atom stereocenters. The van der Waals surface area contributed by atoms with E-state index in [1.165, 1.54) is 0 Å². The lowest BCUT2D eigenvalue weighted by Gasteiger charge is -2.05. The second kappa shape index (κ2) is 3.51. The zero-order valence-corrected chi connectivity index (χ0v) is 7.85. The summed E-state index contributed by atoms with van der Waals surface area (Å²) in [4.78, 5) is 0.758. The summed E-state index contributed by atoms with van der Waals surface area (Å²) in [5.74, 6) is 0.639. The Balaban J connectivity index is 3.30. The zero-order chi connectivity index (χ0) is 9.14. The minimum absolute atomic E-state index is 0.629. The Labute approximate surface area is 77.2 Å². The van der Waals surface area contributed by atoms with Gasteiger partial charge < -0.3 is 4.74 Å². The van der Waals surface area contributed by atoms with Crippen LogP contribution in [0.1, 0.15) is 11.1 Å². The molecule has 0 radical (unpaired) electrons. The molecular weight excluding hydrogens is 170 g/mol. The van der Waals surface area contributed by atoms with Crippen molar-refractivity contribution in [3.05, 3.63) is 23.3 Å². The summed E-state index contributed by atoms with van der Waals surface area (Å²) < 4.78 is 5.01. The number of methoxy groups -OCH3 is 1. The summed E-state index contributed by atoms with van der Waals surface area (Å²) >= 11 is 4.20. The number of benzene rings is 1. The molecule has 0 aliphatic carbocycles. The number of hydrogen-bond acceptors (Lipinski definition) is 3. The van der Waals surface area contributed by atoms with E-state index in [1.54, 1.807) is 13.2 Å². The molecule has 0 N–H and O–H groups in total. The SMILES string of the molecule is COc1cc(C#N)c(C)cc1S. The first-order valence-corrected chi connectivity index (χ1v) is 3.91. The van der Waals surface area contributed by atoms with Gasteiger partial charge in [0.2, 0.25) is 0 Å². The molecule has 0 aromatic heterocycles. The van der Waals surface area contributed by atoms with Gasteiger partial charge in [0.15, 0.2) is 0 Å². The standard InChI is InChI=1S/C9H9NOS/c1-6-3-9(12)8(11-2)4-7(6)5-10/h3-4,12H,1-2H3. The van der Waals surface area contributed by atoms with Crippen LogP contribution in [0.25, 0.3) is 0 Å². The first kappa shape index (κ1) is 8.95. The van der Waals surface area contributed by atoms with Crippen molar-refractivity contribution in [2.24, 2.45) is 0 Å². The van der Waals surface area contributed by atoms with E-state index in [2.05, 4.69) is 18.7 Å². The van der Waals surface area contributed by atoms with Gasteiger partial charge in [-0.3, -0.25) is 0 Å². The summed E-state index contributed by atoms with van der Waals surface area (Å²) in [6.45, 7) is 1.87. The number of aryl methyl sites for hydroxylation is 1. The van der Waals surface area contributed by atoms with E-state index in [-0.39, 0.29) is 0 Å². The normalized spacial score (nSPS) is 9.17. The Morgan fingerprint density at radius 1 is 1.50 bits per heavy atom. The van der Waals surface area contributed by atoms with Crippen molar-refractivity contribution < 1.29 is 4.74 Å². The minimum Gasteiger partial charge on any atom is -0.496 e. The molecule has 0 fully saturated rings. The molecular formula is C9H9NOS. The Morgan fingerprint density at radius 2 is 2.17 bits per heavy atom. The largest absolute Gasteiger partial charge is 0.496 e. The van der Waals surface area contributed by atoms with E-state index >= 15 is 0 Å². The van der Waals surface area contributed by atoms with Gasteiger partial charge in [-0.25, -0.2) is 0 Å². The number of hydrogen-bond donors (Lipinski definition) is 1. The van der Waals surface area contributed by atoms with Gasteiger partial charge in [-0.1, -0.05) is 0 Å². The highest BCUT2D eigenvalue weighted by Crippen LogP contribution is 2.25. The van der Waals surface area contributed by atoms with Crippen LogP contribution in [0.3, 0.4) is 0 Å². The third-order valence-corrected chi connectivity index (χ3v) is 2.00. The first-order chi connectivity index (χ1) is 5.69. The number of thiol groups is 1. The van der Waals surface area contributed by atoms with Crippen LogP contribution in [0.5, 0.6) is 5.75 Å². The zero-order valence-electron chi connectivity index (χ0n) is 6.96. The van der Waals surface area contributed by atoms with Crippen molar-refractivity contribution in [3.63, 3.8) is 0 Å².